The van der Waals surface area contributed by atoms with Crippen LogP contribution in [0.2, 0.25) is 0 Å². The molecule has 0 radical (unpaired) electrons. The van der Waals surface area contributed by atoms with E-state index >= 15 is 0 Å². The van der Waals surface area contributed by atoms with Crippen LogP contribution in [0.15, 0.2) is 0 Å². The number of carbonyl (C=O) groups excluding carboxylic acids is 2. The van der Waals surface area contributed by atoms with E-state index in [0.29, 0.717) is 32.6 Å². The van der Waals surface area contributed by atoms with E-state index in [2.05, 4.69) is 5.32 Å². The quantitative estimate of drug-likeness (QED) is 0.693. The zero-order valence-electron chi connectivity index (χ0n) is 9.87. The molecule has 0 saturated carbocycles. The Morgan fingerprint density at radius 1 is 1.56 bits per heavy atom. The standard InChI is InChI=1S/C11H21N3O2/c1-9(3-2-5-12)11(16)14-7-4-10(15)13-6-8-14/h9H,2-8,12H2,1H3,(H,13,15). The molecular formula is C11H21N3O2. The van der Waals surface area contributed by atoms with Gasteiger partial charge in [-0.05, 0) is 19.4 Å². The first-order chi connectivity index (χ1) is 7.65. The van der Waals surface area contributed by atoms with Crippen LogP contribution in [-0.2, 0) is 9.59 Å². The molecule has 1 aliphatic heterocycles. The first-order valence-electron chi connectivity index (χ1n) is 5.90. The normalized spacial score (nSPS) is 18.9. The van der Waals surface area contributed by atoms with E-state index in [1.54, 1.807) is 4.90 Å². The summed E-state index contributed by atoms with van der Waals surface area (Å²) >= 11 is 0. The summed E-state index contributed by atoms with van der Waals surface area (Å²) in [5.74, 6) is 0.187. The molecule has 0 bridgehead atoms. The molecule has 1 fully saturated rings. The Kier molecular flexibility index (Phi) is 5.25. The van der Waals surface area contributed by atoms with Gasteiger partial charge < -0.3 is 16.0 Å². The molecule has 0 aromatic heterocycles. The van der Waals surface area contributed by atoms with Crippen molar-refractivity contribution < 1.29 is 9.59 Å². The van der Waals surface area contributed by atoms with Gasteiger partial charge in [0.05, 0.1) is 0 Å². The second-order valence-corrected chi connectivity index (χ2v) is 4.26. The number of carbonyl (C=O) groups is 2. The third-order valence-corrected chi connectivity index (χ3v) is 2.89. The Labute approximate surface area is 96.4 Å². The molecule has 2 amide bonds. The van der Waals surface area contributed by atoms with Crippen molar-refractivity contribution in [2.24, 2.45) is 11.7 Å². The molecule has 0 aromatic carbocycles. The van der Waals surface area contributed by atoms with Crippen molar-refractivity contribution in [3.63, 3.8) is 0 Å². The summed E-state index contributed by atoms with van der Waals surface area (Å²) < 4.78 is 0. The second kappa shape index (κ2) is 6.48. The van der Waals surface area contributed by atoms with Gasteiger partial charge in [0, 0.05) is 32.0 Å². The van der Waals surface area contributed by atoms with Crippen LogP contribution in [0.5, 0.6) is 0 Å². The Morgan fingerprint density at radius 2 is 2.31 bits per heavy atom. The van der Waals surface area contributed by atoms with E-state index in [4.69, 9.17) is 5.73 Å². The molecule has 5 heteroatoms. The molecule has 16 heavy (non-hydrogen) atoms. The molecule has 0 spiro atoms. The summed E-state index contributed by atoms with van der Waals surface area (Å²) in [6.45, 7) is 4.28. The lowest BCUT2D eigenvalue weighted by atomic mass is 10.0. The predicted molar refractivity (Wildman–Crippen MR) is 61.7 cm³/mol. The van der Waals surface area contributed by atoms with Crippen LogP contribution in [0.25, 0.3) is 0 Å². The molecule has 3 N–H and O–H groups in total. The first-order valence-corrected chi connectivity index (χ1v) is 5.90. The molecule has 1 heterocycles. The van der Waals surface area contributed by atoms with E-state index in [1.165, 1.54) is 0 Å². The third kappa shape index (κ3) is 3.81. The third-order valence-electron chi connectivity index (χ3n) is 2.89. The Hall–Kier alpha value is -1.10. The predicted octanol–water partition coefficient (Wildman–Crippen LogP) is -0.290. The van der Waals surface area contributed by atoms with Crippen molar-refractivity contribution in [1.82, 2.24) is 10.2 Å². The van der Waals surface area contributed by atoms with Crippen molar-refractivity contribution in [2.45, 2.75) is 26.2 Å². The highest BCUT2D eigenvalue weighted by Gasteiger charge is 2.22. The molecule has 1 atom stereocenters. The van der Waals surface area contributed by atoms with E-state index in [-0.39, 0.29) is 17.7 Å². The lowest BCUT2D eigenvalue weighted by Crippen LogP contribution is -2.37. The highest BCUT2D eigenvalue weighted by atomic mass is 16.2. The molecule has 1 unspecified atom stereocenters. The maximum atomic E-state index is 12.0. The van der Waals surface area contributed by atoms with Crippen molar-refractivity contribution in [2.75, 3.05) is 26.2 Å². The van der Waals surface area contributed by atoms with Gasteiger partial charge in [0.2, 0.25) is 11.8 Å². The molecule has 5 nitrogen and oxygen atoms in total. The largest absolute Gasteiger partial charge is 0.354 e. The van der Waals surface area contributed by atoms with Crippen molar-refractivity contribution in [3.8, 4) is 0 Å². The van der Waals surface area contributed by atoms with Gasteiger partial charge in [0.15, 0.2) is 0 Å². The number of hydrogen-bond acceptors (Lipinski definition) is 3. The number of rotatable bonds is 4. The van der Waals surface area contributed by atoms with E-state index in [9.17, 15) is 9.59 Å². The van der Waals surface area contributed by atoms with Gasteiger partial charge in [0.25, 0.3) is 0 Å². The van der Waals surface area contributed by atoms with Crippen LogP contribution in [0, 0.1) is 5.92 Å². The summed E-state index contributed by atoms with van der Waals surface area (Å²) in [5, 5.41) is 2.76. The van der Waals surface area contributed by atoms with Gasteiger partial charge in [-0.2, -0.15) is 0 Å². The lowest BCUT2D eigenvalue weighted by Gasteiger charge is -2.23. The minimum absolute atomic E-state index is 0.0109. The lowest BCUT2D eigenvalue weighted by molar-refractivity contribution is -0.135. The zero-order chi connectivity index (χ0) is 12.0. The smallest absolute Gasteiger partial charge is 0.225 e. The number of hydrogen-bond donors (Lipinski definition) is 2. The first kappa shape index (κ1) is 13.0. The molecule has 1 saturated heterocycles. The SMILES string of the molecule is CC(CCCN)C(=O)N1CCNC(=O)CC1. The molecule has 1 aliphatic rings. The fraction of sp³-hybridized carbons (Fsp3) is 0.818. The van der Waals surface area contributed by atoms with Crippen LogP contribution >= 0.6 is 0 Å². The number of nitrogens with zero attached hydrogens (tertiary/aromatic N) is 1. The molecule has 92 valence electrons. The Morgan fingerprint density at radius 3 is 3.00 bits per heavy atom. The van der Waals surface area contributed by atoms with Gasteiger partial charge in [-0.3, -0.25) is 9.59 Å². The van der Waals surface area contributed by atoms with Crippen molar-refractivity contribution in [3.05, 3.63) is 0 Å². The monoisotopic (exact) mass is 227 g/mol. The summed E-state index contributed by atoms with van der Waals surface area (Å²) in [6, 6.07) is 0. The number of amides is 2. The average molecular weight is 227 g/mol. The summed E-state index contributed by atoms with van der Waals surface area (Å²) in [7, 11) is 0. The Bertz CT molecular complexity index is 256. The van der Waals surface area contributed by atoms with Crippen LogP contribution in [0.3, 0.4) is 0 Å². The van der Waals surface area contributed by atoms with Gasteiger partial charge in [-0.1, -0.05) is 6.92 Å². The van der Waals surface area contributed by atoms with E-state index in [0.717, 1.165) is 12.8 Å². The zero-order valence-corrected chi connectivity index (χ0v) is 9.87. The summed E-state index contributed by atoms with van der Waals surface area (Å²) in [6.07, 6.45) is 2.11. The van der Waals surface area contributed by atoms with Gasteiger partial charge in [0.1, 0.15) is 0 Å². The topological polar surface area (TPSA) is 75.4 Å². The molecule has 0 aromatic rings. The van der Waals surface area contributed by atoms with Crippen molar-refractivity contribution >= 4 is 11.8 Å². The average Bonchev–Trinajstić information content (AvgIpc) is 2.50. The fourth-order valence-corrected chi connectivity index (χ4v) is 1.85. The van der Waals surface area contributed by atoms with Gasteiger partial charge >= 0.3 is 0 Å². The minimum Gasteiger partial charge on any atom is -0.354 e. The minimum atomic E-state index is 0.0109. The van der Waals surface area contributed by atoms with Crippen LogP contribution in [0.4, 0.5) is 0 Å². The van der Waals surface area contributed by atoms with Crippen LogP contribution in [-0.4, -0.2) is 42.9 Å². The molecule has 0 aliphatic carbocycles. The number of nitrogens with one attached hydrogen (secondary N) is 1. The molecular weight excluding hydrogens is 206 g/mol. The summed E-state index contributed by atoms with van der Waals surface area (Å²) in [5.41, 5.74) is 5.42. The molecule has 1 rings (SSSR count). The Balaban J connectivity index is 2.42. The van der Waals surface area contributed by atoms with E-state index < -0.39 is 0 Å². The maximum Gasteiger partial charge on any atom is 0.225 e. The summed E-state index contributed by atoms with van der Waals surface area (Å²) in [4.78, 5) is 24.9. The van der Waals surface area contributed by atoms with Gasteiger partial charge in [-0.15, -0.1) is 0 Å². The van der Waals surface area contributed by atoms with E-state index in [1.807, 2.05) is 6.92 Å². The maximum absolute atomic E-state index is 12.0. The number of nitrogens with two attached hydrogens (primary N) is 1. The van der Waals surface area contributed by atoms with Crippen molar-refractivity contribution in [1.29, 1.82) is 0 Å². The highest BCUT2D eigenvalue weighted by Crippen LogP contribution is 2.10. The van der Waals surface area contributed by atoms with Crippen LogP contribution < -0.4 is 11.1 Å². The fourth-order valence-electron chi connectivity index (χ4n) is 1.85. The van der Waals surface area contributed by atoms with Crippen LogP contribution in [0.1, 0.15) is 26.2 Å². The second-order valence-electron chi connectivity index (χ2n) is 4.26. The van der Waals surface area contributed by atoms with Gasteiger partial charge in [-0.25, -0.2) is 0 Å². The highest BCUT2D eigenvalue weighted by molar-refractivity contribution is 5.81.